The van der Waals surface area contributed by atoms with Crippen LogP contribution in [0.2, 0.25) is 0 Å². The number of benzene rings is 3. The summed E-state index contributed by atoms with van der Waals surface area (Å²) in [7, 11) is 0. The molecule has 1 amide bonds. The number of anilines is 2. The zero-order chi connectivity index (χ0) is 21.6. The van der Waals surface area contributed by atoms with E-state index in [1.54, 1.807) is 5.01 Å². The Morgan fingerprint density at radius 1 is 0.935 bits per heavy atom. The van der Waals surface area contributed by atoms with Crippen molar-refractivity contribution in [2.75, 3.05) is 5.01 Å². The average molecular weight is 419 g/mol. The molecule has 0 aliphatic heterocycles. The van der Waals surface area contributed by atoms with Gasteiger partial charge in [0.05, 0.1) is 23.1 Å². The van der Waals surface area contributed by atoms with E-state index in [1.165, 1.54) is 12.3 Å². The summed E-state index contributed by atoms with van der Waals surface area (Å²) >= 11 is 0. The molecule has 1 N–H and O–H groups in total. The van der Waals surface area contributed by atoms with Crippen LogP contribution in [0, 0.1) is 11.6 Å². The number of hydrogen-bond donors (Lipinski definition) is 1. The zero-order valence-corrected chi connectivity index (χ0v) is 16.5. The Labute approximate surface area is 177 Å². The molecule has 4 rings (SSSR count). The predicted octanol–water partition coefficient (Wildman–Crippen LogP) is 5.42. The molecular weight excluding hydrogens is 400 g/mol. The molecule has 0 spiro atoms. The van der Waals surface area contributed by atoms with Crippen LogP contribution >= 0.6 is 0 Å². The number of nitrogens with one attached hydrogen (secondary N) is 1. The van der Waals surface area contributed by atoms with Gasteiger partial charge < -0.3 is 4.42 Å². The number of aryl methyl sites for hydroxylation is 1. The summed E-state index contributed by atoms with van der Waals surface area (Å²) in [5.74, 6) is -1.16. The van der Waals surface area contributed by atoms with Gasteiger partial charge in [0, 0.05) is 18.9 Å². The minimum Gasteiger partial charge on any atom is -0.441 e. The molecule has 0 aliphatic rings. The third-order valence-electron chi connectivity index (χ3n) is 4.58. The summed E-state index contributed by atoms with van der Waals surface area (Å²) < 4.78 is 32.6. The number of para-hydroxylation sites is 2. The highest BCUT2D eigenvalue weighted by Crippen LogP contribution is 2.25. The molecule has 0 fully saturated rings. The molecule has 7 heteroatoms. The second kappa shape index (κ2) is 9.21. The zero-order valence-electron chi connectivity index (χ0n) is 16.5. The van der Waals surface area contributed by atoms with Gasteiger partial charge in [-0.25, -0.2) is 13.8 Å². The first-order valence-electron chi connectivity index (χ1n) is 9.70. The molecule has 4 aromatic rings. The van der Waals surface area contributed by atoms with Gasteiger partial charge >= 0.3 is 0 Å². The monoisotopic (exact) mass is 419 g/mol. The quantitative estimate of drug-likeness (QED) is 0.406. The van der Waals surface area contributed by atoms with Gasteiger partial charge in [-0.2, -0.15) is 0 Å². The van der Waals surface area contributed by atoms with Crippen molar-refractivity contribution in [3.8, 4) is 11.3 Å². The van der Waals surface area contributed by atoms with Crippen molar-refractivity contribution in [3.63, 3.8) is 0 Å². The highest BCUT2D eigenvalue weighted by molar-refractivity contribution is 5.80. The first-order chi connectivity index (χ1) is 15.1. The van der Waals surface area contributed by atoms with Gasteiger partial charge in [0.25, 0.3) is 0 Å². The molecule has 0 saturated carbocycles. The summed E-state index contributed by atoms with van der Waals surface area (Å²) in [5, 5.41) is 1.71. The van der Waals surface area contributed by atoms with E-state index in [-0.39, 0.29) is 30.1 Å². The van der Waals surface area contributed by atoms with Gasteiger partial charge in [-0.3, -0.25) is 15.2 Å². The van der Waals surface area contributed by atoms with Crippen LogP contribution in [0.15, 0.2) is 89.5 Å². The molecular formula is C24H19F2N3O2. The van der Waals surface area contributed by atoms with Crippen LogP contribution in [-0.4, -0.2) is 10.9 Å². The Morgan fingerprint density at radius 2 is 1.58 bits per heavy atom. The summed E-state index contributed by atoms with van der Waals surface area (Å²) in [5.41, 5.74) is 4.64. The number of oxazole rings is 1. The number of amides is 1. The fourth-order valence-electron chi connectivity index (χ4n) is 3.07. The number of nitrogens with zero attached hydrogens (tertiary/aromatic N) is 2. The second-order valence-electron chi connectivity index (χ2n) is 6.78. The van der Waals surface area contributed by atoms with Gasteiger partial charge in [-0.05, 0) is 36.4 Å². The fraction of sp³-hybridized carbons (Fsp3) is 0.0833. The first kappa shape index (κ1) is 20.3. The van der Waals surface area contributed by atoms with Crippen molar-refractivity contribution in [3.05, 3.63) is 103 Å². The highest BCUT2D eigenvalue weighted by Gasteiger charge is 2.15. The first-order valence-corrected chi connectivity index (χ1v) is 9.70. The van der Waals surface area contributed by atoms with E-state index in [0.29, 0.717) is 5.89 Å². The van der Waals surface area contributed by atoms with E-state index >= 15 is 0 Å². The third kappa shape index (κ3) is 4.95. The summed E-state index contributed by atoms with van der Waals surface area (Å²) in [4.78, 5) is 16.7. The lowest BCUT2D eigenvalue weighted by Crippen LogP contribution is -2.39. The Balaban J connectivity index is 1.43. The Bertz CT molecular complexity index is 1120. The Hall–Kier alpha value is -4.00. The van der Waals surface area contributed by atoms with E-state index in [0.717, 1.165) is 23.5 Å². The van der Waals surface area contributed by atoms with Crippen LogP contribution in [0.5, 0.6) is 0 Å². The lowest BCUT2D eigenvalue weighted by atomic mass is 10.2. The number of carbonyl (C=O) groups is 1. The largest absolute Gasteiger partial charge is 0.441 e. The standard InChI is InChI=1S/C24H19F2N3O2/c25-17-11-12-20(21(26)15-17)22-16-27-24(31-22)14-13-23(30)28-29(18-7-3-1-4-8-18)19-9-5-2-6-10-19/h1-12,15-16H,13-14H2,(H,28,30). The minimum absolute atomic E-state index is 0.113. The lowest BCUT2D eigenvalue weighted by molar-refractivity contribution is -0.121. The van der Waals surface area contributed by atoms with E-state index in [1.807, 2.05) is 60.7 Å². The maximum atomic E-state index is 13.9. The molecule has 0 aliphatic carbocycles. The van der Waals surface area contributed by atoms with E-state index < -0.39 is 11.6 Å². The number of halogens is 2. The molecule has 3 aromatic carbocycles. The number of aromatic nitrogens is 1. The van der Waals surface area contributed by atoms with Crippen LogP contribution in [0.4, 0.5) is 20.2 Å². The molecule has 0 saturated heterocycles. The van der Waals surface area contributed by atoms with Gasteiger partial charge in [0.15, 0.2) is 11.7 Å². The smallest absolute Gasteiger partial charge is 0.239 e. The minimum atomic E-state index is -0.734. The lowest BCUT2D eigenvalue weighted by Gasteiger charge is -2.25. The molecule has 0 radical (unpaired) electrons. The molecule has 0 bridgehead atoms. The second-order valence-corrected chi connectivity index (χ2v) is 6.78. The average Bonchev–Trinajstić information content (AvgIpc) is 3.26. The van der Waals surface area contributed by atoms with E-state index in [2.05, 4.69) is 10.4 Å². The molecule has 0 atom stereocenters. The molecule has 0 unspecified atom stereocenters. The maximum Gasteiger partial charge on any atom is 0.239 e. The highest BCUT2D eigenvalue weighted by atomic mass is 19.1. The summed E-state index contributed by atoms with van der Waals surface area (Å²) in [6.07, 6.45) is 1.71. The van der Waals surface area contributed by atoms with Crippen molar-refractivity contribution < 1.29 is 18.0 Å². The van der Waals surface area contributed by atoms with Crippen LogP contribution in [0.1, 0.15) is 12.3 Å². The van der Waals surface area contributed by atoms with Crippen molar-refractivity contribution in [1.29, 1.82) is 0 Å². The number of carbonyl (C=O) groups excluding carboxylic acids is 1. The van der Waals surface area contributed by atoms with Crippen LogP contribution in [0.25, 0.3) is 11.3 Å². The predicted molar refractivity (Wildman–Crippen MR) is 113 cm³/mol. The third-order valence-corrected chi connectivity index (χ3v) is 4.58. The van der Waals surface area contributed by atoms with Crippen molar-refractivity contribution >= 4 is 17.3 Å². The van der Waals surface area contributed by atoms with Crippen molar-refractivity contribution in [2.45, 2.75) is 12.8 Å². The van der Waals surface area contributed by atoms with Crippen LogP contribution in [-0.2, 0) is 11.2 Å². The number of rotatable bonds is 7. The fourth-order valence-corrected chi connectivity index (χ4v) is 3.07. The molecule has 1 heterocycles. The van der Waals surface area contributed by atoms with Gasteiger partial charge in [-0.15, -0.1) is 0 Å². The summed E-state index contributed by atoms with van der Waals surface area (Å²) in [6.45, 7) is 0. The SMILES string of the molecule is O=C(CCc1ncc(-c2ccc(F)cc2F)o1)NN(c1ccccc1)c1ccccc1. The van der Waals surface area contributed by atoms with Gasteiger partial charge in [0.1, 0.15) is 11.6 Å². The number of hydrogen-bond acceptors (Lipinski definition) is 4. The van der Waals surface area contributed by atoms with Crippen molar-refractivity contribution in [1.82, 2.24) is 10.4 Å². The summed E-state index contributed by atoms with van der Waals surface area (Å²) in [6, 6.07) is 22.2. The van der Waals surface area contributed by atoms with E-state index in [9.17, 15) is 13.6 Å². The van der Waals surface area contributed by atoms with Crippen LogP contribution < -0.4 is 10.4 Å². The van der Waals surface area contributed by atoms with Crippen molar-refractivity contribution in [2.24, 2.45) is 0 Å². The Morgan fingerprint density at radius 3 is 2.19 bits per heavy atom. The molecule has 1 aromatic heterocycles. The molecule has 31 heavy (non-hydrogen) atoms. The molecule has 5 nitrogen and oxygen atoms in total. The van der Waals surface area contributed by atoms with Crippen LogP contribution in [0.3, 0.4) is 0 Å². The Kier molecular flexibility index (Phi) is 6.03. The van der Waals surface area contributed by atoms with Gasteiger partial charge in [0.2, 0.25) is 5.91 Å². The maximum absolute atomic E-state index is 13.9. The topological polar surface area (TPSA) is 58.4 Å². The van der Waals surface area contributed by atoms with Gasteiger partial charge in [-0.1, -0.05) is 36.4 Å². The van der Waals surface area contributed by atoms with E-state index in [4.69, 9.17) is 4.42 Å². The molecule has 156 valence electrons. The normalized spacial score (nSPS) is 10.6. The number of hydrazine groups is 1.